The first-order chi connectivity index (χ1) is 7.61. The van der Waals surface area contributed by atoms with Crippen molar-refractivity contribution in [3.63, 3.8) is 0 Å². The molecule has 88 valence electrons. The van der Waals surface area contributed by atoms with Crippen molar-refractivity contribution in [2.24, 2.45) is 0 Å². The Labute approximate surface area is 98.3 Å². The number of hydrogen-bond acceptors (Lipinski definition) is 4. The fraction of sp³-hybridized carbons (Fsp3) is 0.636. The molecule has 1 N–H and O–H groups in total. The highest BCUT2D eigenvalue weighted by atomic mass is 32.1. The highest BCUT2D eigenvalue weighted by molar-refractivity contribution is 7.12. The summed E-state index contributed by atoms with van der Waals surface area (Å²) in [7, 11) is 0. The molecule has 5 heteroatoms. The van der Waals surface area contributed by atoms with Crippen molar-refractivity contribution in [1.29, 1.82) is 0 Å². The van der Waals surface area contributed by atoms with Crippen LogP contribution in [0.25, 0.3) is 0 Å². The number of carbonyl (C=O) groups is 1. The monoisotopic (exact) mass is 241 g/mol. The zero-order valence-electron chi connectivity index (χ0n) is 9.40. The van der Waals surface area contributed by atoms with Crippen LogP contribution in [-0.4, -0.2) is 22.2 Å². The molecule has 1 aromatic heterocycles. The zero-order valence-corrected chi connectivity index (χ0v) is 10.2. The largest absolute Gasteiger partial charge is 0.476 e. The third kappa shape index (κ3) is 2.10. The topological polar surface area (TPSA) is 59.4 Å². The lowest BCUT2D eigenvalue weighted by Gasteiger charge is -2.08. The smallest absolute Gasteiger partial charge is 0.355 e. The van der Waals surface area contributed by atoms with Crippen LogP contribution < -0.4 is 0 Å². The predicted octanol–water partition coefficient (Wildman–Crippen LogP) is 2.64. The number of carboxylic acids is 1. The van der Waals surface area contributed by atoms with E-state index in [0.29, 0.717) is 0 Å². The Morgan fingerprint density at radius 1 is 1.62 bits per heavy atom. The van der Waals surface area contributed by atoms with Crippen LogP contribution in [0.3, 0.4) is 0 Å². The van der Waals surface area contributed by atoms with Crippen molar-refractivity contribution < 1.29 is 14.6 Å². The molecule has 2 rings (SSSR count). The molecule has 0 radical (unpaired) electrons. The Morgan fingerprint density at radius 3 is 2.88 bits per heavy atom. The first-order valence-electron chi connectivity index (χ1n) is 5.50. The molecule has 0 amide bonds. The Morgan fingerprint density at radius 2 is 2.38 bits per heavy atom. The maximum absolute atomic E-state index is 11.1. The SMILES string of the molecule is CCc1nc(C(=O)O)c(C2CCC(C)O2)s1. The number of aryl methyl sites for hydroxylation is 1. The maximum Gasteiger partial charge on any atom is 0.355 e. The van der Waals surface area contributed by atoms with Crippen LogP contribution in [0.15, 0.2) is 0 Å². The number of rotatable bonds is 3. The lowest BCUT2D eigenvalue weighted by molar-refractivity contribution is 0.0539. The summed E-state index contributed by atoms with van der Waals surface area (Å²) < 4.78 is 5.70. The average Bonchev–Trinajstić information content (AvgIpc) is 2.82. The molecule has 16 heavy (non-hydrogen) atoms. The summed E-state index contributed by atoms with van der Waals surface area (Å²) in [5.74, 6) is -0.950. The Hall–Kier alpha value is -0.940. The van der Waals surface area contributed by atoms with Gasteiger partial charge in [-0.3, -0.25) is 0 Å². The number of aromatic nitrogens is 1. The van der Waals surface area contributed by atoms with Crippen LogP contribution >= 0.6 is 11.3 Å². The lowest BCUT2D eigenvalue weighted by Crippen LogP contribution is -2.06. The van der Waals surface area contributed by atoms with Gasteiger partial charge in [-0.2, -0.15) is 0 Å². The van der Waals surface area contributed by atoms with E-state index in [2.05, 4.69) is 4.98 Å². The molecule has 2 heterocycles. The number of nitrogens with zero attached hydrogens (tertiary/aromatic N) is 1. The van der Waals surface area contributed by atoms with Crippen molar-refractivity contribution in [3.05, 3.63) is 15.6 Å². The second-order valence-corrected chi connectivity index (χ2v) is 5.11. The van der Waals surface area contributed by atoms with E-state index in [1.807, 2.05) is 13.8 Å². The third-order valence-corrected chi connectivity index (χ3v) is 4.02. The van der Waals surface area contributed by atoms with E-state index >= 15 is 0 Å². The molecular weight excluding hydrogens is 226 g/mol. The van der Waals surface area contributed by atoms with E-state index in [9.17, 15) is 4.79 Å². The quantitative estimate of drug-likeness (QED) is 0.883. The molecular formula is C11H15NO3S. The fourth-order valence-electron chi connectivity index (χ4n) is 1.90. The molecule has 0 aromatic carbocycles. The highest BCUT2D eigenvalue weighted by Crippen LogP contribution is 2.37. The number of thiazole rings is 1. The minimum absolute atomic E-state index is 0.0705. The lowest BCUT2D eigenvalue weighted by atomic mass is 10.1. The van der Waals surface area contributed by atoms with Gasteiger partial charge < -0.3 is 9.84 Å². The van der Waals surface area contributed by atoms with Crippen LogP contribution in [-0.2, 0) is 11.2 Å². The van der Waals surface area contributed by atoms with Gasteiger partial charge in [0, 0.05) is 0 Å². The Kier molecular flexibility index (Phi) is 3.25. The zero-order chi connectivity index (χ0) is 11.7. The van der Waals surface area contributed by atoms with Gasteiger partial charge in [0.1, 0.15) is 0 Å². The first-order valence-corrected chi connectivity index (χ1v) is 6.31. The molecule has 0 saturated carbocycles. The van der Waals surface area contributed by atoms with Gasteiger partial charge in [-0.1, -0.05) is 6.92 Å². The van der Waals surface area contributed by atoms with E-state index in [0.717, 1.165) is 29.1 Å². The summed E-state index contributed by atoms with van der Waals surface area (Å²) in [6, 6.07) is 0. The minimum Gasteiger partial charge on any atom is -0.476 e. The van der Waals surface area contributed by atoms with Crippen LogP contribution in [0.2, 0.25) is 0 Å². The van der Waals surface area contributed by atoms with Crippen LogP contribution in [0.5, 0.6) is 0 Å². The van der Waals surface area contributed by atoms with Gasteiger partial charge in [-0.25, -0.2) is 9.78 Å². The molecule has 2 unspecified atom stereocenters. The third-order valence-electron chi connectivity index (χ3n) is 2.73. The van der Waals surface area contributed by atoms with Gasteiger partial charge in [0.05, 0.1) is 22.1 Å². The molecule has 1 fully saturated rings. The summed E-state index contributed by atoms with van der Waals surface area (Å²) in [4.78, 5) is 16.0. The van der Waals surface area contributed by atoms with E-state index < -0.39 is 5.97 Å². The summed E-state index contributed by atoms with van der Waals surface area (Å²) >= 11 is 1.47. The van der Waals surface area contributed by atoms with E-state index in [4.69, 9.17) is 9.84 Å². The van der Waals surface area contributed by atoms with Crippen molar-refractivity contribution >= 4 is 17.3 Å². The van der Waals surface area contributed by atoms with Gasteiger partial charge in [0.15, 0.2) is 5.69 Å². The normalized spacial score (nSPS) is 24.9. The number of carboxylic acid groups (broad SMARTS) is 1. The van der Waals surface area contributed by atoms with Gasteiger partial charge >= 0.3 is 5.97 Å². The van der Waals surface area contributed by atoms with Crippen molar-refractivity contribution in [3.8, 4) is 0 Å². The predicted molar refractivity (Wildman–Crippen MR) is 61.0 cm³/mol. The Balaban J connectivity index is 2.31. The van der Waals surface area contributed by atoms with Gasteiger partial charge in [-0.15, -0.1) is 11.3 Å². The van der Waals surface area contributed by atoms with E-state index in [1.165, 1.54) is 11.3 Å². The molecule has 1 aromatic rings. The minimum atomic E-state index is -0.950. The standard InChI is InChI=1S/C11H15NO3S/c1-3-8-12-9(11(13)14)10(16-8)7-5-4-6(2)15-7/h6-7H,3-5H2,1-2H3,(H,13,14). The molecule has 2 atom stereocenters. The maximum atomic E-state index is 11.1. The first kappa shape index (κ1) is 11.5. The highest BCUT2D eigenvalue weighted by Gasteiger charge is 2.30. The molecule has 0 bridgehead atoms. The van der Waals surface area contributed by atoms with Crippen LogP contribution in [0.1, 0.15) is 53.2 Å². The van der Waals surface area contributed by atoms with Crippen molar-refractivity contribution in [2.45, 2.75) is 45.3 Å². The molecule has 0 spiro atoms. The summed E-state index contributed by atoms with van der Waals surface area (Å²) in [6.07, 6.45) is 2.81. The van der Waals surface area contributed by atoms with E-state index in [-0.39, 0.29) is 17.9 Å². The molecule has 1 aliphatic rings. The van der Waals surface area contributed by atoms with Crippen LogP contribution in [0.4, 0.5) is 0 Å². The molecule has 0 aliphatic carbocycles. The average molecular weight is 241 g/mol. The van der Waals surface area contributed by atoms with Crippen molar-refractivity contribution in [2.75, 3.05) is 0 Å². The molecule has 1 saturated heterocycles. The fourth-order valence-corrected chi connectivity index (χ4v) is 2.97. The molecule has 4 nitrogen and oxygen atoms in total. The summed E-state index contributed by atoms with van der Waals surface area (Å²) in [5, 5.41) is 9.96. The molecule has 1 aliphatic heterocycles. The van der Waals surface area contributed by atoms with Crippen LogP contribution in [0, 0.1) is 0 Å². The van der Waals surface area contributed by atoms with Crippen molar-refractivity contribution in [1.82, 2.24) is 4.98 Å². The second kappa shape index (κ2) is 4.51. The summed E-state index contributed by atoms with van der Waals surface area (Å²) in [5.41, 5.74) is 0.181. The second-order valence-electron chi connectivity index (χ2n) is 3.99. The number of hydrogen-bond donors (Lipinski definition) is 1. The summed E-state index contributed by atoms with van der Waals surface area (Å²) in [6.45, 7) is 3.99. The number of ether oxygens (including phenoxy) is 1. The van der Waals surface area contributed by atoms with E-state index in [1.54, 1.807) is 0 Å². The number of aromatic carboxylic acids is 1. The van der Waals surface area contributed by atoms with Gasteiger partial charge in [-0.05, 0) is 26.2 Å². The Bertz CT molecular complexity index is 402. The van der Waals surface area contributed by atoms with Gasteiger partial charge in [0.2, 0.25) is 0 Å². The van der Waals surface area contributed by atoms with Gasteiger partial charge in [0.25, 0.3) is 0 Å².